The molecule has 0 radical (unpaired) electrons. The highest BCUT2D eigenvalue weighted by Gasteiger charge is 2.54. The van der Waals surface area contributed by atoms with Crippen molar-refractivity contribution < 1.29 is 39.4 Å². The highest BCUT2D eigenvalue weighted by molar-refractivity contribution is 6.58. The second-order valence-electron chi connectivity index (χ2n) is 10.7. The summed E-state index contributed by atoms with van der Waals surface area (Å²) in [4.78, 5) is 32.6. The number of anilines is 1. The van der Waals surface area contributed by atoms with Crippen molar-refractivity contribution in [3.05, 3.63) is 89.2 Å². The van der Waals surface area contributed by atoms with Crippen LogP contribution in [-0.4, -0.2) is 62.0 Å². The number of aromatic nitrogens is 1. The van der Waals surface area contributed by atoms with Crippen LogP contribution in [0, 0.1) is 17.8 Å². The number of pyridine rings is 1. The van der Waals surface area contributed by atoms with Gasteiger partial charge in [-0.25, -0.2) is 0 Å². The van der Waals surface area contributed by atoms with Gasteiger partial charge >= 0.3 is 7.12 Å². The number of fused-ring (bicyclic) bond motifs is 1. The van der Waals surface area contributed by atoms with E-state index in [9.17, 15) is 35.0 Å². The molecule has 5 rings (SSSR count). The molecule has 1 aliphatic carbocycles. The van der Waals surface area contributed by atoms with E-state index < -0.39 is 49.4 Å². The summed E-state index contributed by atoms with van der Waals surface area (Å²) in [5.74, 6) is -2.26. The van der Waals surface area contributed by atoms with Crippen LogP contribution >= 0.6 is 0 Å². The molecule has 1 aliphatic heterocycles. The van der Waals surface area contributed by atoms with Gasteiger partial charge in [-0.3, -0.25) is 19.5 Å². The molecule has 0 bridgehead atoms. The minimum atomic E-state index is -1.76. The molecule has 42 heavy (non-hydrogen) atoms. The van der Waals surface area contributed by atoms with Gasteiger partial charge in [-0.05, 0) is 85.3 Å². The maximum Gasteiger partial charge on any atom is 0.488 e. The van der Waals surface area contributed by atoms with E-state index in [2.05, 4.69) is 4.98 Å². The molecule has 5 N–H and O–H groups in total. The largest absolute Gasteiger partial charge is 0.488 e. The standard InChI is InChI=1S/C31H33BN2O8/c1-18-13-24-29(31(39)34(30(24)38)21-6-4-5-20(15-21)32(40)41)25(17-36)28(18)27(37)11-8-19(26-7-2-3-12-33-26)14-22-9-10-23(16-35)42-22/h2-7,9-10,12,14-15,24-25,27,29,35-37,40-41H,8,11,13,16-17H2,1H3/b19-14-/t24-,25+,27-,29-/m1/s1. The van der Waals surface area contributed by atoms with Crippen molar-refractivity contribution in [1.82, 2.24) is 4.98 Å². The SMILES string of the molecule is CC1=C([C@H](O)CC/C(=C/c2ccc(CO)o2)c2ccccn2)[C@H](CO)[C@@H]2C(=O)N(c3cccc(B(O)O)c3)C(=O)[C@@H]2C1. The van der Waals surface area contributed by atoms with Crippen molar-refractivity contribution in [2.45, 2.75) is 38.9 Å². The number of hydrogen-bond acceptors (Lipinski definition) is 9. The number of benzene rings is 1. The van der Waals surface area contributed by atoms with Crippen molar-refractivity contribution >= 4 is 41.7 Å². The molecule has 3 aromatic rings. The van der Waals surface area contributed by atoms with Gasteiger partial charge in [-0.15, -0.1) is 0 Å². The molecule has 218 valence electrons. The van der Waals surface area contributed by atoms with Crippen LogP contribution < -0.4 is 10.4 Å². The number of amides is 2. The average molecular weight is 572 g/mol. The first kappa shape index (κ1) is 29.6. The number of furan rings is 1. The van der Waals surface area contributed by atoms with Gasteiger partial charge < -0.3 is 29.8 Å². The number of allylic oxidation sites excluding steroid dienone is 2. The van der Waals surface area contributed by atoms with Gasteiger partial charge in [0.2, 0.25) is 11.8 Å². The molecule has 2 amide bonds. The molecule has 1 aromatic carbocycles. The van der Waals surface area contributed by atoms with E-state index in [4.69, 9.17) is 4.42 Å². The van der Waals surface area contributed by atoms with E-state index in [1.807, 2.05) is 25.1 Å². The molecule has 1 saturated heterocycles. The van der Waals surface area contributed by atoms with E-state index in [1.54, 1.807) is 30.5 Å². The lowest BCUT2D eigenvalue weighted by atomic mass is 9.68. The van der Waals surface area contributed by atoms with Gasteiger partial charge in [0.05, 0.1) is 35.9 Å². The maximum absolute atomic E-state index is 13.7. The fraction of sp³-hybridized carbons (Fsp3) is 0.323. The third kappa shape index (κ3) is 5.74. The summed E-state index contributed by atoms with van der Waals surface area (Å²) in [6.45, 7) is 1.17. The normalized spacial score (nSPS) is 21.6. The lowest BCUT2D eigenvalue weighted by molar-refractivity contribution is -0.123. The summed E-state index contributed by atoms with van der Waals surface area (Å²) in [6.07, 6.45) is 3.40. The zero-order valence-corrected chi connectivity index (χ0v) is 23.1. The third-order valence-corrected chi connectivity index (χ3v) is 8.15. The number of carbonyl (C=O) groups excluding carboxylic acids is 2. The molecule has 3 heterocycles. The van der Waals surface area contributed by atoms with Crippen molar-refractivity contribution in [3.8, 4) is 0 Å². The van der Waals surface area contributed by atoms with Gasteiger partial charge in [0.1, 0.15) is 18.1 Å². The predicted octanol–water partition coefficient (Wildman–Crippen LogP) is 1.66. The van der Waals surface area contributed by atoms with Crippen molar-refractivity contribution in [3.63, 3.8) is 0 Å². The summed E-state index contributed by atoms with van der Waals surface area (Å²) >= 11 is 0. The first-order chi connectivity index (χ1) is 20.2. The molecule has 11 heteroatoms. The Morgan fingerprint density at radius 3 is 2.60 bits per heavy atom. The minimum absolute atomic E-state index is 0.144. The number of carbonyl (C=O) groups is 2. The van der Waals surface area contributed by atoms with Crippen molar-refractivity contribution in [2.24, 2.45) is 17.8 Å². The fourth-order valence-electron chi connectivity index (χ4n) is 6.20. The summed E-state index contributed by atoms with van der Waals surface area (Å²) in [5, 5.41) is 50.4. The highest BCUT2D eigenvalue weighted by atomic mass is 16.4. The Morgan fingerprint density at radius 2 is 1.93 bits per heavy atom. The second-order valence-corrected chi connectivity index (χ2v) is 10.7. The Balaban J connectivity index is 1.39. The topological polar surface area (TPSA) is 165 Å². The van der Waals surface area contributed by atoms with Crippen LogP contribution in [0.1, 0.15) is 43.4 Å². The van der Waals surface area contributed by atoms with Gasteiger partial charge in [-0.2, -0.15) is 0 Å². The first-order valence-corrected chi connectivity index (χ1v) is 13.9. The van der Waals surface area contributed by atoms with Gasteiger partial charge in [-0.1, -0.05) is 23.8 Å². The van der Waals surface area contributed by atoms with E-state index in [1.165, 1.54) is 18.2 Å². The molecule has 0 unspecified atom stereocenters. The first-order valence-electron chi connectivity index (χ1n) is 13.9. The van der Waals surface area contributed by atoms with Gasteiger partial charge in [0.25, 0.3) is 0 Å². The van der Waals surface area contributed by atoms with Crippen LogP contribution in [0.15, 0.2) is 76.4 Å². The molecular formula is C31H33BN2O8. The molecule has 10 nitrogen and oxygen atoms in total. The number of aliphatic hydroxyl groups excluding tert-OH is 3. The smallest absolute Gasteiger partial charge is 0.459 e. The Labute approximate surface area is 243 Å². The number of rotatable bonds is 10. The predicted molar refractivity (Wildman–Crippen MR) is 156 cm³/mol. The summed E-state index contributed by atoms with van der Waals surface area (Å²) in [7, 11) is -1.76. The van der Waals surface area contributed by atoms with Crippen LogP contribution in [0.2, 0.25) is 0 Å². The molecule has 0 saturated carbocycles. The molecule has 2 aliphatic rings. The summed E-state index contributed by atoms with van der Waals surface area (Å²) in [6, 6.07) is 14.9. The van der Waals surface area contributed by atoms with Crippen molar-refractivity contribution in [1.29, 1.82) is 0 Å². The lowest BCUT2D eigenvalue weighted by Crippen LogP contribution is -2.39. The zero-order valence-electron chi connectivity index (χ0n) is 23.1. The third-order valence-electron chi connectivity index (χ3n) is 8.15. The van der Waals surface area contributed by atoms with E-state index in [0.29, 0.717) is 29.2 Å². The Hall–Kier alpha value is -3.87. The molecule has 4 atom stereocenters. The minimum Gasteiger partial charge on any atom is -0.459 e. The Kier molecular flexibility index (Phi) is 8.86. The number of aliphatic hydroxyl groups is 3. The molecule has 0 spiro atoms. The maximum atomic E-state index is 13.7. The highest BCUT2D eigenvalue weighted by Crippen LogP contribution is 2.47. The van der Waals surface area contributed by atoms with Crippen LogP contribution in [0.5, 0.6) is 0 Å². The van der Waals surface area contributed by atoms with Crippen LogP contribution in [0.25, 0.3) is 11.6 Å². The Bertz CT molecular complexity index is 1520. The quantitative estimate of drug-likeness (QED) is 0.138. The summed E-state index contributed by atoms with van der Waals surface area (Å²) < 4.78 is 5.63. The molecular weight excluding hydrogens is 539 g/mol. The van der Waals surface area contributed by atoms with E-state index >= 15 is 0 Å². The summed E-state index contributed by atoms with van der Waals surface area (Å²) in [5.41, 5.74) is 3.18. The monoisotopic (exact) mass is 572 g/mol. The Morgan fingerprint density at radius 1 is 1.12 bits per heavy atom. The van der Waals surface area contributed by atoms with E-state index in [0.717, 1.165) is 16.0 Å². The lowest BCUT2D eigenvalue weighted by Gasteiger charge is -2.35. The molecule has 2 aromatic heterocycles. The van der Waals surface area contributed by atoms with Gasteiger partial charge in [0, 0.05) is 12.1 Å². The van der Waals surface area contributed by atoms with Gasteiger partial charge in [0.15, 0.2) is 0 Å². The molecule has 1 fully saturated rings. The van der Waals surface area contributed by atoms with E-state index in [-0.39, 0.29) is 30.6 Å². The fourth-order valence-corrected chi connectivity index (χ4v) is 6.20. The van der Waals surface area contributed by atoms with Crippen LogP contribution in [0.3, 0.4) is 0 Å². The van der Waals surface area contributed by atoms with Crippen LogP contribution in [0.4, 0.5) is 5.69 Å². The second kappa shape index (κ2) is 12.6. The number of imide groups is 1. The van der Waals surface area contributed by atoms with Crippen LogP contribution in [-0.2, 0) is 16.2 Å². The number of nitrogens with zero attached hydrogens (tertiary/aromatic N) is 2. The average Bonchev–Trinajstić information content (AvgIpc) is 3.55. The zero-order chi connectivity index (χ0) is 30.0. The van der Waals surface area contributed by atoms with Crippen molar-refractivity contribution in [2.75, 3.05) is 11.5 Å². The number of hydrogen-bond donors (Lipinski definition) is 5.